The Bertz CT molecular complexity index is 892. The Morgan fingerprint density at radius 1 is 1.07 bits per heavy atom. The molecule has 7 heteroatoms. The van der Waals surface area contributed by atoms with E-state index in [0.717, 1.165) is 11.4 Å². The third-order valence-electron chi connectivity index (χ3n) is 5.18. The SMILES string of the molecule is COc1ccc(OCC(=O)N2CCC(n3nc(C(C)(C)C)ccc3=O)CC2)cc1. The molecule has 0 atom stereocenters. The van der Waals surface area contributed by atoms with Gasteiger partial charge in [-0.1, -0.05) is 20.8 Å². The van der Waals surface area contributed by atoms with Crippen molar-refractivity contribution in [3.8, 4) is 11.5 Å². The molecule has 1 aliphatic heterocycles. The number of nitrogens with zero attached hydrogens (tertiary/aromatic N) is 3. The highest BCUT2D eigenvalue weighted by Crippen LogP contribution is 2.23. The van der Waals surface area contributed by atoms with Gasteiger partial charge in [0, 0.05) is 24.6 Å². The van der Waals surface area contributed by atoms with E-state index in [1.165, 1.54) is 0 Å². The molecule has 29 heavy (non-hydrogen) atoms. The lowest BCUT2D eigenvalue weighted by Crippen LogP contribution is -2.43. The van der Waals surface area contributed by atoms with E-state index in [4.69, 9.17) is 9.47 Å². The van der Waals surface area contributed by atoms with Crippen LogP contribution in [0.25, 0.3) is 0 Å². The molecule has 7 nitrogen and oxygen atoms in total. The topological polar surface area (TPSA) is 73.7 Å². The molecule has 0 bridgehead atoms. The van der Waals surface area contributed by atoms with Crippen molar-refractivity contribution >= 4 is 5.91 Å². The van der Waals surface area contributed by atoms with Crippen molar-refractivity contribution in [3.05, 3.63) is 52.4 Å². The summed E-state index contributed by atoms with van der Waals surface area (Å²) in [4.78, 5) is 26.6. The summed E-state index contributed by atoms with van der Waals surface area (Å²) in [6.45, 7) is 7.40. The second-order valence-electron chi connectivity index (χ2n) is 8.33. The van der Waals surface area contributed by atoms with Crippen molar-refractivity contribution in [2.24, 2.45) is 0 Å². The Balaban J connectivity index is 1.56. The van der Waals surface area contributed by atoms with E-state index in [-0.39, 0.29) is 29.5 Å². The number of likely N-dealkylation sites (tertiary alicyclic amines) is 1. The minimum absolute atomic E-state index is 0.00525. The Kier molecular flexibility index (Phi) is 6.25. The second kappa shape index (κ2) is 8.68. The van der Waals surface area contributed by atoms with Gasteiger partial charge >= 0.3 is 0 Å². The average Bonchev–Trinajstić information content (AvgIpc) is 2.72. The van der Waals surface area contributed by atoms with Crippen molar-refractivity contribution in [2.45, 2.75) is 45.1 Å². The number of rotatable bonds is 5. The molecular formula is C22H29N3O4. The quantitative estimate of drug-likeness (QED) is 0.773. The van der Waals surface area contributed by atoms with Gasteiger partial charge in [-0.3, -0.25) is 9.59 Å². The highest BCUT2D eigenvalue weighted by molar-refractivity contribution is 5.77. The predicted molar refractivity (Wildman–Crippen MR) is 111 cm³/mol. The van der Waals surface area contributed by atoms with E-state index in [0.29, 0.717) is 31.7 Å². The molecule has 2 aromatic rings. The van der Waals surface area contributed by atoms with Crippen molar-refractivity contribution in [3.63, 3.8) is 0 Å². The van der Waals surface area contributed by atoms with Gasteiger partial charge in [0.05, 0.1) is 18.8 Å². The predicted octanol–water partition coefficient (Wildman–Crippen LogP) is 2.79. The molecule has 0 N–H and O–H groups in total. The second-order valence-corrected chi connectivity index (χ2v) is 8.33. The van der Waals surface area contributed by atoms with Crippen LogP contribution in [0.1, 0.15) is 45.3 Å². The van der Waals surface area contributed by atoms with Crippen LogP contribution in [-0.4, -0.2) is 47.4 Å². The molecule has 1 fully saturated rings. The smallest absolute Gasteiger partial charge is 0.267 e. The van der Waals surface area contributed by atoms with E-state index in [9.17, 15) is 9.59 Å². The van der Waals surface area contributed by atoms with Crippen LogP contribution in [0.15, 0.2) is 41.2 Å². The third kappa shape index (κ3) is 5.16. The van der Waals surface area contributed by atoms with Crippen LogP contribution >= 0.6 is 0 Å². The van der Waals surface area contributed by atoms with Crippen LogP contribution < -0.4 is 15.0 Å². The van der Waals surface area contributed by atoms with Crippen molar-refractivity contribution in [1.29, 1.82) is 0 Å². The normalized spacial score (nSPS) is 15.2. The Labute approximate surface area is 171 Å². The number of ether oxygens (including phenoxy) is 2. The number of carbonyl (C=O) groups is 1. The fourth-order valence-electron chi connectivity index (χ4n) is 3.36. The van der Waals surface area contributed by atoms with Gasteiger partial charge in [-0.2, -0.15) is 5.10 Å². The first kappa shape index (κ1) is 20.9. The Morgan fingerprint density at radius 2 is 1.69 bits per heavy atom. The number of piperidine rings is 1. The Hall–Kier alpha value is -2.83. The fraction of sp³-hybridized carbons (Fsp3) is 0.500. The molecule has 1 amide bonds. The number of benzene rings is 1. The Morgan fingerprint density at radius 3 is 2.28 bits per heavy atom. The van der Waals surface area contributed by atoms with Gasteiger partial charge in [0.2, 0.25) is 0 Å². The molecule has 0 saturated carbocycles. The summed E-state index contributed by atoms with van der Waals surface area (Å²) in [5, 5.41) is 4.59. The summed E-state index contributed by atoms with van der Waals surface area (Å²) >= 11 is 0. The zero-order chi connectivity index (χ0) is 21.0. The van der Waals surface area contributed by atoms with E-state index in [1.807, 2.05) is 0 Å². The molecule has 1 aliphatic rings. The molecular weight excluding hydrogens is 370 g/mol. The highest BCUT2D eigenvalue weighted by Gasteiger charge is 2.26. The molecule has 0 unspecified atom stereocenters. The summed E-state index contributed by atoms with van der Waals surface area (Å²) < 4.78 is 12.3. The first-order chi connectivity index (χ1) is 13.8. The molecule has 0 spiro atoms. The summed E-state index contributed by atoms with van der Waals surface area (Å²) in [5.41, 5.74) is 0.680. The molecule has 0 radical (unpaired) electrons. The standard InChI is InChI=1S/C22H29N3O4/c1-22(2,3)19-9-10-20(26)25(23-19)16-11-13-24(14-12-16)21(27)15-29-18-7-5-17(28-4)6-8-18/h5-10,16H,11-15H2,1-4H3. The van der Waals surface area contributed by atoms with Gasteiger partial charge in [0.25, 0.3) is 11.5 Å². The lowest BCUT2D eigenvalue weighted by molar-refractivity contribution is -0.134. The monoisotopic (exact) mass is 399 g/mol. The van der Waals surface area contributed by atoms with Gasteiger partial charge in [-0.05, 0) is 43.2 Å². The van der Waals surface area contributed by atoms with Gasteiger partial charge < -0.3 is 14.4 Å². The minimum Gasteiger partial charge on any atom is -0.497 e. The number of hydrogen-bond acceptors (Lipinski definition) is 5. The number of hydrogen-bond donors (Lipinski definition) is 0. The molecule has 2 heterocycles. The van der Waals surface area contributed by atoms with Gasteiger partial charge in [-0.25, -0.2) is 4.68 Å². The van der Waals surface area contributed by atoms with Gasteiger partial charge in [-0.15, -0.1) is 0 Å². The third-order valence-corrected chi connectivity index (χ3v) is 5.18. The van der Waals surface area contributed by atoms with Crippen molar-refractivity contribution in [1.82, 2.24) is 14.7 Å². The minimum atomic E-state index is -0.120. The van der Waals surface area contributed by atoms with Crippen LogP contribution in [0.4, 0.5) is 0 Å². The molecule has 0 aliphatic carbocycles. The molecule has 1 aromatic carbocycles. The van der Waals surface area contributed by atoms with Crippen LogP contribution in [0.3, 0.4) is 0 Å². The fourth-order valence-corrected chi connectivity index (χ4v) is 3.36. The summed E-state index contributed by atoms with van der Waals surface area (Å²) in [6, 6.07) is 10.5. The van der Waals surface area contributed by atoms with E-state index in [2.05, 4.69) is 25.9 Å². The maximum absolute atomic E-state index is 12.5. The van der Waals surface area contributed by atoms with Crippen LogP contribution in [0.2, 0.25) is 0 Å². The zero-order valence-electron chi connectivity index (χ0n) is 17.6. The summed E-state index contributed by atoms with van der Waals surface area (Å²) in [6.07, 6.45) is 1.41. The van der Waals surface area contributed by atoms with E-state index in [1.54, 1.807) is 53.1 Å². The summed E-state index contributed by atoms with van der Waals surface area (Å²) in [7, 11) is 1.60. The largest absolute Gasteiger partial charge is 0.497 e. The number of carbonyl (C=O) groups excluding carboxylic acids is 1. The van der Waals surface area contributed by atoms with Crippen LogP contribution in [0.5, 0.6) is 11.5 Å². The lowest BCUT2D eigenvalue weighted by atomic mass is 9.92. The first-order valence-electron chi connectivity index (χ1n) is 9.93. The van der Waals surface area contributed by atoms with E-state index < -0.39 is 0 Å². The number of aromatic nitrogens is 2. The maximum atomic E-state index is 12.5. The number of methoxy groups -OCH3 is 1. The molecule has 156 valence electrons. The maximum Gasteiger partial charge on any atom is 0.267 e. The molecule has 1 aromatic heterocycles. The zero-order valence-corrected chi connectivity index (χ0v) is 17.6. The lowest BCUT2D eigenvalue weighted by Gasteiger charge is -2.32. The molecule has 1 saturated heterocycles. The average molecular weight is 399 g/mol. The number of amides is 1. The molecule has 3 rings (SSSR count). The first-order valence-corrected chi connectivity index (χ1v) is 9.93. The van der Waals surface area contributed by atoms with Gasteiger partial charge in [0.1, 0.15) is 11.5 Å². The van der Waals surface area contributed by atoms with Crippen LogP contribution in [0, 0.1) is 0 Å². The van der Waals surface area contributed by atoms with E-state index >= 15 is 0 Å². The van der Waals surface area contributed by atoms with Crippen molar-refractivity contribution in [2.75, 3.05) is 26.8 Å². The summed E-state index contributed by atoms with van der Waals surface area (Å²) in [5.74, 6) is 1.32. The van der Waals surface area contributed by atoms with Gasteiger partial charge in [0.15, 0.2) is 6.61 Å². The van der Waals surface area contributed by atoms with Crippen LogP contribution in [-0.2, 0) is 10.2 Å². The van der Waals surface area contributed by atoms with Crippen molar-refractivity contribution < 1.29 is 14.3 Å². The highest BCUT2D eigenvalue weighted by atomic mass is 16.5.